The molecule has 1 N–H and O–H groups in total. The number of hydrogen-bond donors (Lipinski definition) is 1. The van der Waals surface area contributed by atoms with Crippen LogP contribution in [0.4, 0.5) is 13.2 Å². The summed E-state index contributed by atoms with van der Waals surface area (Å²) >= 11 is 0. The third kappa shape index (κ3) is 3.54. The number of hydrogen-bond acceptors (Lipinski definition) is 6. The minimum absolute atomic E-state index is 0.114. The van der Waals surface area contributed by atoms with E-state index in [1.807, 2.05) is 18.2 Å². The highest BCUT2D eigenvalue weighted by Gasteiger charge is 2.30. The Bertz CT molecular complexity index is 1040. The van der Waals surface area contributed by atoms with Gasteiger partial charge in [-0.2, -0.15) is 18.4 Å². The fourth-order valence-corrected chi connectivity index (χ4v) is 2.59. The van der Waals surface area contributed by atoms with Crippen LogP contribution in [0, 0.1) is 0 Å². The van der Waals surface area contributed by atoms with Crippen molar-refractivity contribution in [3.63, 3.8) is 0 Å². The number of nitrogens with one attached hydrogen (secondary N) is 1. The van der Waals surface area contributed by atoms with E-state index in [-0.39, 0.29) is 17.6 Å². The van der Waals surface area contributed by atoms with Gasteiger partial charge in [0.05, 0.1) is 5.56 Å². The molecule has 2 aromatic carbocycles. The van der Waals surface area contributed by atoms with Crippen molar-refractivity contribution in [1.29, 1.82) is 0 Å². The molecule has 4 rings (SSSR count). The smallest absolute Gasteiger partial charge is 0.413 e. The Kier molecular flexibility index (Phi) is 4.15. The van der Waals surface area contributed by atoms with Crippen LogP contribution in [0.15, 0.2) is 52.9 Å². The molecule has 2 heterocycles. The minimum atomic E-state index is -4.36. The Balaban J connectivity index is 1.62. The van der Waals surface area contributed by atoms with Crippen LogP contribution in [-0.2, 0) is 12.6 Å². The molecule has 0 radical (unpaired) electrons. The topological polar surface area (TPSA) is 93.4 Å². The Morgan fingerprint density at radius 1 is 0.889 bits per heavy atom. The van der Waals surface area contributed by atoms with Crippen LogP contribution in [0.5, 0.6) is 0 Å². The molecule has 0 bridgehead atoms. The van der Waals surface area contributed by atoms with Crippen molar-refractivity contribution in [1.82, 2.24) is 30.8 Å². The minimum Gasteiger partial charge on any atom is -0.413 e. The summed E-state index contributed by atoms with van der Waals surface area (Å²) < 4.78 is 43.7. The molecule has 0 unspecified atom stereocenters. The second-order valence-electron chi connectivity index (χ2n) is 5.68. The van der Waals surface area contributed by atoms with Gasteiger partial charge in [-0.3, -0.25) is 0 Å². The SMILES string of the molecule is FC(F)(F)c1ccc(Cc2ccccc2-c2nnc(-c3nn[nH]n3)o2)cc1. The van der Waals surface area contributed by atoms with Crippen molar-refractivity contribution in [2.45, 2.75) is 12.6 Å². The first-order valence-electron chi connectivity index (χ1n) is 7.82. The highest BCUT2D eigenvalue weighted by atomic mass is 19.4. The van der Waals surface area contributed by atoms with E-state index in [1.165, 1.54) is 12.1 Å². The number of benzene rings is 2. The van der Waals surface area contributed by atoms with E-state index in [2.05, 4.69) is 30.8 Å². The van der Waals surface area contributed by atoms with Crippen LogP contribution in [0.3, 0.4) is 0 Å². The van der Waals surface area contributed by atoms with Crippen molar-refractivity contribution in [2.75, 3.05) is 0 Å². The Morgan fingerprint density at radius 3 is 2.33 bits per heavy atom. The van der Waals surface area contributed by atoms with Crippen molar-refractivity contribution in [3.8, 4) is 23.2 Å². The molecule has 0 aliphatic carbocycles. The largest absolute Gasteiger partial charge is 0.416 e. The van der Waals surface area contributed by atoms with Gasteiger partial charge in [-0.05, 0) is 41.0 Å². The molecule has 0 saturated carbocycles. The maximum absolute atomic E-state index is 12.7. The summed E-state index contributed by atoms with van der Waals surface area (Å²) in [6, 6.07) is 12.3. The maximum atomic E-state index is 12.7. The summed E-state index contributed by atoms with van der Waals surface area (Å²) in [4.78, 5) is 0. The summed E-state index contributed by atoms with van der Waals surface area (Å²) in [6.45, 7) is 0. The summed E-state index contributed by atoms with van der Waals surface area (Å²) in [5, 5.41) is 21.2. The Hall–Kier alpha value is -3.56. The first-order chi connectivity index (χ1) is 13.0. The average molecular weight is 372 g/mol. The zero-order valence-corrected chi connectivity index (χ0v) is 13.6. The van der Waals surface area contributed by atoms with Gasteiger partial charge in [-0.25, -0.2) is 0 Å². The molecule has 136 valence electrons. The van der Waals surface area contributed by atoms with Gasteiger partial charge < -0.3 is 4.42 Å². The molecule has 2 aromatic heterocycles. The Morgan fingerprint density at radius 2 is 1.63 bits per heavy atom. The first-order valence-corrected chi connectivity index (χ1v) is 7.82. The van der Waals surface area contributed by atoms with Crippen molar-refractivity contribution in [3.05, 3.63) is 65.2 Å². The summed E-state index contributed by atoms with van der Waals surface area (Å²) in [7, 11) is 0. The third-order valence-electron chi connectivity index (χ3n) is 3.89. The quantitative estimate of drug-likeness (QED) is 0.589. The second-order valence-corrected chi connectivity index (χ2v) is 5.68. The fraction of sp³-hybridized carbons (Fsp3) is 0.118. The molecule has 0 amide bonds. The van der Waals surface area contributed by atoms with Gasteiger partial charge in [0.15, 0.2) is 0 Å². The predicted molar refractivity (Wildman–Crippen MR) is 87.2 cm³/mol. The van der Waals surface area contributed by atoms with Gasteiger partial charge in [-0.1, -0.05) is 30.3 Å². The summed E-state index contributed by atoms with van der Waals surface area (Å²) in [6.07, 6.45) is -3.94. The highest BCUT2D eigenvalue weighted by molar-refractivity contribution is 5.60. The van der Waals surface area contributed by atoms with E-state index >= 15 is 0 Å². The average Bonchev–Trinajstić information content (AvgIpc) is 3.34. The molecule has 0 aliphatic heterocycles. The monoisotopic (exact) mass is 372 g/mol. The first kappa shape index (κ1) is 16.9. The van der Waals surface area contributed by atoms with E-state index in [1.54, 1.807) is 6.07 Å². The van der Waals surface area contributed by atoms with Gasteiger partial charge in [0.2, 0.25) is 5.89 Å². The van der Waals surface area contributed by atoms with Crippen molar-refractivity contribution >= 4 is 0 Å². The maximum Gasteiger partial charge on any atom is 0.416 e. The normalized spacial score (nSPS) is 11.7. The number of aromatic nitrogens is 6. The lowest BCUT2D eigenvalue weighted by Crippen LogP contribution is -2.04. The van der Waals surface area contributed by atoms with E-state index in [4.69, 9.17) is 4.42 Å². The van der Waals surface area contributed by atoms with Crippen LogP contribution in [0.2, 0.25) is 0 Å². The molecular weight excluding hydrogens is 361 g/mol. The lowest BCUT2D eigenvalue weighted by Gasteiger charge is -2.09. The molecular formula is C17H11F3N6O. The van der Waals surface area contributed by atoms with Gasteiger partial charge in [0.25, 0.3) is 11.7 Å². The number of alkyl halides is 3. The number of nitrogens with zero attached hydrogens (tertiary/aromatic N) is 5. The van der Waals surface area contributed by atoms with Crippen LogP contribution in [0.25, 0.3) is 23.2 Å². The predicted octanol–water partition coefficient (Wildman–Crippen LogP) is 3.53. The standard InChI is InChI=1S/C17H11F3N6O/c18-17(19,20)12-7-5-10(6-8-12)9-11-3-1-2-4-13(11)15-23-24-16(27-15)14-21-25-26-22-14/h1-8H,9H2,(H,21,22,25,26). The van der Waals surface area contributed by atoms with Gasteiger partial charge >= 0.3 is 6.18 Å². The molecule has 27 heavy (non-hydrogen) atoms. The molecule has 0 aliphatic rings. The lowest BCUT2D eigenvalue weighted by molar-refractivity contribution is -0.137. The van der Waals surface area contributed by atoms with Gasteiger partial charge in [-0.15, -0.1) is 20.4 Å². The third-order valence-corrected chi connectivity index (χ3v) is 3.89. The molecule has 0 fully saturated rings. The number of tetrazole rings is 1. The molecule has 0 spiro atoms. The fourth-order valence-electron chi connectivity index (χ4n) is 2.59. The second kappa shape index (κ2) is 6.63. The van der Waals surface area contributed by atoms with E-state index in [9.17, 15) is 13.2 Å². The van der Waals surface area contributed by atoms with Crippen LogP contribution >= 0.6 is 0 Å². The van der Waals surface area contributed by atoms with Crippen LogP contribution < -0.4 is 0 Å². The van der Waals surface area contributed by atoms with Crippen LogP contribution in [0.1, 0.15) is 16.7 Å². The van der Waals surface area contributed by atoms with Gasteiger partial charge in [0.1, 0.15) is 0 Å². The van der Waals surface area contributed by atoms with Gasteiger partial charge in [0, 0.05) is 5.56 Å². The summed E-state index contributed by atoms with van der Waals surface area (Å²) in [5.41, 5.74) is 1.56. The number of H-pyrrole nitrogens is 1. The number of rotatable bonds is 4. The van der Waals surface area contributed by atoms with Crippen LogP contribution in [-0.4, -0.2) is 30.8 Å². The number of halogens is 3. The van der Waals surface area contributed by atoms with Crippen molar-refractivity contribution < 1.29 is 17.6 Å². The van der Waals surface area contributed by atoms with E-state index < -0.39 is 11.7 Å². The van der Waals surface area contributed by atoms with Crippen molar-refractivity contribution in [2.24, 2.45) is 0 Å². The molecule has 10 heteroatoms. The Labute approximate surface area is 150 Å². The highest BCUT2D eigenvalue weighted by Crippen LogP contribution is 2.30. The van der Waals surface area contributed by atoms with E-state index in [0.29, 0.717) is 12.0 Å². The molecule has 0 saturated heterocycles. The zero-order chi connectivity index (χ0) is 18.9. The lowest BCUT2D eigenvalue weighted by atomic mass is 9.99. The number of aromatic amines is 1. The zero-order valence-electron chi connectivity index (χ0n) is 13.6. The molecule has 4 aromatic rings. The molecule has 0 atom stereocenters. The molecule has 7 nitrogen and oxygen atoms in total. The summed E-state index contributed by atoms with van der Waals surface area (Å²) in [5.74, 6) is 0.550. The van der Waals surface area contributed by atoms with E-state index in [0.717, 1.165) is 23.3 Å².